The van der Waals surface area contributed by atoms with Gasteiger partial charge in [-0.2, -0.15) is 5.10 Å². The lowest BCUT2D eigenvalue weighted by Gasteiger charge is -2.25. The van der Waals surface area contributed by atoms with Crippen molar-refractivity contribution in [3.63, 3.8) is 0 Å². The maximum Gasteiger partial charge on any atom is 0.254 e. The molecule has 4 rings (SSSR count). The van der Waals surface area contributed by atoms with E-state index in [1.54, 1.807) is 0 Å². The van der Waals surface area contributed by atoms with Crippen LogP contribution >= 0.6 is 0 Å². The summed E-state index contributed by atoms with van der Waals surface area (Å²) in [6, 6.07) is 12.3. The number of nitrogens with zero attached hydrogens (tertiary/aromatic N) is 4. The summed E-state index contributed by atoms with van der Waals surface area (Å²) in [7, 11) is 0. The first kappa shape index (κ1) is 16.6. The van der Waals surface area contributed by atoms with Gasteiger partial charge >= 0.3 is 0 Å². The van der Waals surface area contributed by atoms with E-state index in [9.17, 15) is 4.79 Å². The van der Waals surface area contributed by atoms with Crippen LogP contribution in [-0.4, -0.2) is 37.7 Å². The molecular weight excluding hydrogens is 324 g/mol. The molecule has 134 valence electrons. The van der Waals surface area contributed by atoms with Gasteiger partial charge in [0.25, 0.3) is 5.91 Å². The lowest BCUT2D eigenvalue weighted by Crippen LogP contribution is -2.38. The maximum absolute atomic E-state index is 13.0. The van der Waals surface area contributed by atoms with Crippen molar-refractivity contribution in [2.75, 3.05) is 6.54 Å². The minimum absolute atomic E-state index is 0.129. The third kappa shape index (κ3) is 3.57. The molecule has 2 aromatic heterocycles. The average molecular weight is 348 g/mol. The number of aryl methyl sites for hydroxylation is 1. The summed E-state index contributed by atoms with van der Waals surface area (Å²) in [5.74, 6) is 0.129. The SMILES string of the molecule is Cc1cnn(C[C@@H]2CCCN2C(=O)c2ccc(Cn3cccc3)cc2)c1. The molecular formula is C21H24N4O. The number of carbonyl (C=O) groups is 1. The van der Waals surface area contributed by atoms with Crippen molar-refractivity contribution in [2.24, 2.45) is 0 Å². The molecule has 26 heavy (non-hydrogen) atoms. The molecule has 0 bridgehead atoms. The second-order valence-electron chi connectivity index (χ2n) is 7.09. The van der Waals surface area contributed by atoms with Gasteiger partial charge in [-0.15, -0.1) is 0 Å². The predicted molar refractivity (Wildman–Crippen MR) is 101 cm³/mol. The van der Waals surface area contributed by atoms with Gasteiger partial charge in [0, 0.05) is 37.2 Å². The Hall–Kier alpha value is -2.82. The Labute approximate surface area is 153 Å². The smallest absolute Gasteiger partial charge is 0.254 e. The fourth-order valence-electron chi connectivity index (χ4n) is 3.68. The highest BCUT2D eigenvalue weighted by molar-refractivity contribution is 5.94. The van der Waals surface area contributed by atoms with Crippen molar-refractivity contribution >= 4 is 5.91 Å². The number of amides is 1. The maximum atomic E-state index is 13.0. The molecule has 3 heterocycles. The highest BCUT2D eigenvalue weighted by atomic mass is 16.2. The van der Waals surface area contributed by atoms with E-state index in [1.807, 2.05) is 65.6 Å². The number of hydrogen-bond donors (Lipinski definition) is 0. The summed E-state index contributed by atoms with van der Waals surface area (Å²) in [5, 5.41) is 4.37. The second-order valence-corrected chi connectivity index (χ2v) is 7.09. The highest BCUT2D eigenvalue weighted by Crippen LogP contribution is 2.22. The molecule has 0 N–H and O–H groups in total. The minimum atomic E-state index is 0.129. The van der Waals surface area contributed by atoms with Crippen molar-refractivity contribution in [2.45, 2.75) is 38.9 Å². The zero-order chi connectivity index (χ0) is 17.9. The number of likely N-dealkylation sites (tertiary alicyclic amines) is 1. The highest BCUT2D eigenvalue weighted by Gasteiger charge is 2.29. The first-order chi connectivity index (χ1) is 12.7. The number of hydrogen-bond acceptors (Lipinski definition) is 2. The van der Waals surface area contributed by atoms with Crippen LogP contribution in [0.25, 0.3) is 0 Å². The Morgan fingerprint density at radius 1 is 1.19 bits per heavy atom. The molecule has 1 aromatic carbocycles. The first-order valence-corrected chi connectivity index (χ1v) is 9.19. The molecule has 3 aromatic rings. The van der Waals surface area contributed by atoms with Gasteiger partial charge in [-0.05, 0) is 55.2 Å². The molecule has 1 aliphatic rings. The van der Waals surface area contributed by atoms with Crippen molar-refractivity contribution in [1.29, 1.82) is 0 Å². The van der Waals surface area contributed by atoms with Gasteiger partial charge in [-0.3, -0.25) is 9.48 Å². The van der Waals surface area contributed by atoms with E-state index in [2.05, 4.69) is 21.8 Å². The number of carbonyl (C=O) groups excluding carboxylic acids is 1. The number of benzene rings is 1. The summed E-state index contributed by atoms with van der Waals surface area (Å²) >= 11 is 0. The van der Waals surface area contributed by atoms with Crippen LogP contribution < -0.4 is 0 Å². The van der Waals surface area contributed by atoms with Crippen molar-refractivity contribution in [1.82, 2.24) is 19.2 Å². The van der Waals surface area contributed by atoms with E-state index in [1.165, 1.54) is 5.56 Å². The van der Waals surface area contributed by atoms with E-state index in [0.717, 1.165) is 43.6 Å². The molecule has 0 saturated carbocycles. The first-order valence-electron chi connectivity index (χ1n) is 9.19. The Morgan fingerprint density at radius 3 is 2.65 bits per heavy atom. The van der Waals surface area contributed by atoms with Crippen LogP contribution in [0.5, 0.6) is 0 Å². The molecule has 5 nitrogen and oxygen atoms in total. The van der Waals surface area contributed by atoms with Crippen LogP contribution in [0.1, 0.15) is 34.3 Å². The molecule has 1 saturated heterocycles. The summed E-state index contributed by atoms with van der Waals surface area (Å²) in [6.07, 6.45) is 10.1. The van der Waals surface area contributed by atoms with E-state index in [-0.39, 0.29) is 11.9 Å². The van der Waals surface area contributed by atoms with Crippen LogP contribution in [0.2, 0.25) is 0 Å². The quantitative estimate of drug-likeness (QED) is 0.710. The zero-order valence-electron chi connectivity index (χ0n) is 15.1. The normalized spacial score (nSPS) is 17.0. The summed E-state index contributed by atoms with van der Waals surface area (Å²) in [6.45, 7) is 4.46. The van der Waals surface area contributed by atoms with Gasteiger partial charge in [-0.25, -0.2) is 0 Å². The van der Waals surface area contributed by atoms with Gasteiger partial charge in [0.15, 0.2) is 0 Å². The summed E-state index contributed by atoms with van der Waals surface area (Å²) in [5.41, 5.74) is 3.12. The van der Waals surface area contributed by atoms with Crippen LogP contribution in [0.4, 0.5) is 0 Å². The van der Waals surface area contributed by atoms with Crippen molar-refractivity contribution < 1.29 is 4.79 Å². The summed E-state index contributed by atoms with van der Waals surface area (Å²) in [4.78, 5) is 15.0. The van der Waals surface area contributed by atoms with Gasteiger partial charge in [0.2, 0.25) is 0 Å². The van der Waals surface area contributed by atoms with Crippen LogP contribution in [0.3, 0.4) is 0 Å². The minimum Gasteiger partial charge on any atom is -0.350 e. The molecule has 0 spiro atoms. The molecule has 1 atom stereocenters. The molecule has 0 aliphatic carbocycles. The van der Waals surface area contributed by atoms with Gasteiger partial charge < -0.3 is 9.47 Å². The predicted octanol–water partition coefficient (Wildman–Crippen LogP) is 3.35. The molecule has 0 unspecified atom stereocenters. The Bertz CT molecular complexity index is 864. The van der Waals surface area contributed by atoms with E-state index >= 15 is 0 Å². The zero-order valence-corrected chi connectivity index (χ0v) is 15.1. The Kier molecular flexibility index (Phi) is 4.61. The van der Waals surface area contributed by atoms with Crippen LogP contribution in [-0.2, 0) is 13.1 Å². The fraction of sp³-hybridized carbons (Fsp3) is 0.333. The number of rotatable bonds is 5. The topological polar surface area (TPSA) is 43.1 Å². The van der Waals surface area contributed by atoms with Gasteiger partial charge in [-0.1, -0.05) is 12.1 Å². The van der Waals surface area contributed by atoms with E-state index in [0.29, 0.717) is 0 Å². The van der Waals surface area contributed by atoms with Gasteiger partial charge in [0.1, 0.15) is 0 Å². The largest absolute Gasteiger partial charge is 0.350 e. The van der Waals surface area contributed by atoms with E-state index in [4.69, 9.17) is 0 Å². The molecule has 1 aliphatic heterocycles. The van der Waals surface area contributed by atoms with Crippen molar-refractivity contribution in [3.05, 3.63) is 77.9 Å². The lowest BCUT2D eigenvalue weighted by molar-refractivity contribution is 0.0721. The molecule has 0 radical (unpaired) electrons. The summed E-state index contributed by atoms with van der Waals surface area (Å²) < 4.78 is 4.07. The molecule has 5 heteroatoms. The Balaban J connectivity index is 1.44. The fourth-order valence-corrected chi connectivity index (χ4v) is 3.68. The van der Waals surface area contributed by atoms with E-state index < -0.39 is 0 Å². The lowest BCUT2D eigenvalue weighted by atomic mass is 10.1. The monoisotopic (exact) mass is 348 g/mol. The average Bonchev–Trinajstić information content (AvgIpc) is 3.38. The number of aromatic nitrogens is 3. The van der Waals surface area contributed by atoms with Crippen LogP contribution in [0.15, 0.2) is 61.2 Å². The second kappa shape index (κ2) is 7.20. The third-order valence-electron chi connectivity index (χ3n) is 5.03. The van der Waals surface area contributed by atoms with Crippen LogP contribution in [0, 0.1) is 6.92 Å². The third-order valence-corrected chi connectivity index (χ3v) is 5.03. The molecule has 1 fully saturated rings. The van der Waals surface area contributed by atoms with Gasteiger partial charge in [0.05, 0.1) is 18.8 Å². The standard InChI is InChI=1S/C21H24N4O/c1-17-13-22-24(14-17)16-20-5-4-12-25(20)21(26)19-8-6-18(7-9-19)15-23-10-2-3-11-23/h2-3,6-11,13-14,20H,4-5,12,15-16H2,1H3/t20-/m0/s1. The van der Waals surface area contributed by atoms with Crippen molar-refractivity contribution in [3.8, 4) is 0 Å². The molecule has 1 amide bonds. The Morgan fingerprint density at radius 2 is 1.96 bits per heavy atom.